The number of carbonyl (C=O) groups excluding carboxylic acids is 2. The molecule has 0 bridgehead atoms. The molecule has 0 saturated carbocycles. The molecule has 148 valence electrons. The average Bonchev–Trinajstić information content (AvgIpc) is 3.07. The molecule has 2 aromatic carbocycles. The number of nitrogens with zero attached hydrogens (tertiary/aromatic N) is 3. The van der Waals surface area contributed by atoms with Gasteiger partial charge >= 0.3 is 5.97 Å². The van der Waals surface area contributed by atoms with E-state index in [2.05, 4.69) is 18.1 Å². The van der Waals surface area contributed by atoms with Gasteiger partial charge in [-0.1, -0.05) is 30.4 Å². The Bertz CT molecular complexity index is 1040. The van der Waals surface area contributed by atoms with E-state index in [1.165, 1.54) is 4.90 Å². The van der Waals surface area contributed by atoms with E-state index >= 15 is 0 Å². The van der Waals surface area contributed by atoms with Crippen LogP contribution in [-0.4, -0.2) is 46.0 Å². The van der Waals surface area contributed by atoms with Crippen LogP contribution in [0.5, 0.6) is 0 Å². The largest absolute Gasteiger partial charge is 0.452 e. The van der Waals surface area contributed by atoms with Crippen LogP contribution in [0.25, 0.3) is 16.7 Å². The molecule has 6 heteroatoms. The van der Waals surface area contributed by atoms with E-state index < -0.39 is 5.97 Å². The second-order valence-corrected chi connectivity index (χ2v) is 6.49. The van der Waals surface area contributed by atoms with Crippen molar-refractivity contribution in [2.45, 2.75) is 6.92 Å². The van der Waals surface area contributed by atoms with Gasteiger partial charge in [-0.15, -0.1) is 13.2 Å². The van der Waals surface area contributed by atoms with Crippen LogP contribution in [0, 0.1) is 6.92 Å². The Morgan fingerprint density at radius 2 is 1.79 bits per heavy atom. The summed E-state index contributed by atoms with van der Waals surface area (Å²) in [5, 5.41) is 0. The van der Waals surface area contributed by atoms with E-state index in [9.17, 15) is 9.59 Å². The minimum absolute atomic E-state index is 0.302. The Morgan fingerprint density at radius 3 is 2.45 bits per heavy atom. The quantitative estimate of drug-likeness (QED) is 0.435. The molecule has 0 aliphatic carbocycles. The van der Waals surface area contributed by atoms with Crippen molar-refractivity contribution in [2.24, 2.45) is 0 Å². The number of hydrogen-bond acceptors (Lipinski definition) is 4. The Morgan fingerprint density at radius 1 is 1.10 bits per heavy atom. The van der Waals surface area contributed by atoms with Crippen molar-refractivity contribution in [3.63, 3.8) is 0 Å². The summed E-state index contributed by atoms with van der Waals surface area (Å²) in [6, 6.07) is 15.1. The van der Waals surface area contributed by atoms with Crippen LogP contribution in [0.1, 0.15) is 16.2 Å². The van der Waals surface area contributed by atoms with Crippen molar-refractivity contribution in [1.29, 1.82) is 0 Å². The second kappa shape index (κ2) is 9.01. The summed E-state index contributed by atoms with van der Waals surface area (Å²) in [5.74, 6) is -0.0517. The molecular formula is C23H23N3O3. The predicted octanol–water partition coefficient (Wildman–Crippen LogP) is 3.69. The van der Waals surface area contributed by atoms with E-state index in [-0.39, 0.29) is 12.5 Å². The van der Waals surface area contributed by atoms with Crippen molar-refractivity contribution in [3.05, 3.63) is 85.2 Å². The van der Waals surface area contributed by atoms with Crippen LogP contribution in [0.2, 0.25) is 0 Å². The number of esters is 1. The number of amides is 1. The van der Waals surface area contributed by atoms with Crippen LogP contribution >= 0.6 is 0 Å². The molecule has 0 atom stereocenters. The van der Waals surface area contributed by atoms with Gasteiger partial charge in [-0.3, -0.25) is 9.36 Å². The molecule has 0 N–H and O–H groups in total. The van der Waals surface area contributed by atoms with Crippen molar-refractivity contribution < 1.29 is 14.3 Å². The summed E-state index contributed by atoms with van der Waals surface area (Å²) in [6.07, 6.45) is 3.23. The second-order valence-electron chi connectivity index (χ2n) is 6.49. The van der Waals surface area contributed by atoms with E-state index in [1.54, 1.807) is 24.3 Å². The lowest BCUT2D eigenvalue weighted by Crippen LogP contribution is -2.35. The normalized spacial score (nSPS) is 10.5. The highest BCUT2D eigenvalue weighted by atomic mass is 16.5. The summed E-state index contributed by atoms with van der Waals surface area (Å²) < 4.78 is 7.23. The molecule has 0 aliphatic rings. The molecule has 29 heavy (non-hydrogen) atoms. The fourth-order valence-corrected chi connectivity index (χ4v) is 3.12. The van der Waals surface area contributed by atoms with Crippen molar-refractivity contribution >= 4 is 22.9 Å². The van der Waals surface area contributed by atoms with Gasteiger partial charge < -0.3 is 9.64 Å². The maximum atomic E-state index is 12.4. The van der Waals surface area contributed by atoms with Gasteiger partial charge in [0.05, 0.1) is 16.6 Å². The highest BCUT2D eigenvalue weighted by Gasteiger charge is 2.16. The molecule has 6 nitrogen and oxygen atoms in total. The number of ether oxygens (including phenoxy) is 1. The first kappa shape index (κ1) is 20.1. The molecule has 3 rings (SSSR count). The molecule has 0 spiro atoms. The van der Waals surface area contributed by atoms with Crippen molar-refractivity contribution in [1.82, 2.24) is 14.5 Å². The molecule has 0 unspecified atom stereocenters. The van der Waals surface area contributed by atoms with Crippen molar-refractivity contribution in [3.8, 4) is 5.69 Å². The SMILES string of the molecule is C=CCN(CC=C)C(=O)COC(=O)c1ccc2c(c1)nc(C)n2-c1ccccc1. The lowest BCUT2D eigenvalue weighted by atomic mass is 10.2. The van der Waals surface area contributed by atoms with E-state index in [4.69, 9.17) is 4.74 Å². The summed E-state index contributed by atoms with van der Waals surface area (Å²) in [7, 11) is 0. The monoisotopic (exact) mass is 389 g/mol. The minimum Gasteiger partial charge on any atom is -0.452 e. The average molecular weight is 389 g/mol. The molecule has 0 saturated heterocycles. The highest BCUT2D eigenvalue weighted by molar-refractivity contribution is 5.95. The molecule has 0 fully saturated rings. The molecule has 0 radical (unpaired) electrons. The lowest BCUT2D eigenvalue weighted by molar-refractivity contribution is -0.133. The van der Waals surface area contributed by atoms with Gasteiger partial charge in [-0.2, -0.15) is 0 Å². The van der Waals surface area contributed by atoms with Gasteiger partial charge in [-0.05, 0) is 37.3 Å². The minimum atomic E-state index is -0.565. The number of aryl methyl sites for hydroxylation is 1. The Hall–Kier alpha value is -3.67. The Balaban J connectivity index is 1.77. The summed E-state index contributed by atoms with van der Waals surface area (Å²) in [5.41, 5.74) is 2.93. The third-order valence-corrected chi connectivity index (χ3v) is 4.45. The van der Waals surface area contributed by atoms with Crippen LogP contribution in [0.15, 0.2) is 73.8 Å². The van der Waals surface area contributed by atoms with Crippen LogP contribution in [-0.2, 0) is 9.53 Å². The fraction of sp³-hybridized carbons (Fsp3) is 0.174. The third-order valence-electron chi connectivity index (χ3n) is 4.45. The van der Waals surface area contributed by atoms with Crippen LogP contribution in [0.3, 0.4) is 0 Å². The molecule has 3 aromatic rings. The predicted molar refractivity (Wildman–Crippen MR) is 113 cm³/mol. The number of aromatic nitrogens is 2. The lowest BCUT2D eigenvalue weighted by Gasteiger charge is -2.18. The van der Waals surface area contributed by atoms with Gasteiger partial charge in [-0.25, -0.2) is 9.78 Å². The maximum Gasteiger partial charge on any atom is 0.338 e. The van der Waals surface area contributed by atoms with Crippen LogP contribution < -0.4 is 0 Å². The smallest absolute Gasteiger partial charge is 0.338 e. The zero-order valence-corrected chi connectivity index (χ0v) is 16.4. The highest BCUT2D eigenvalue weighted by Crippen LogP contribution is 2.22. The summed E-state index contributed by atoms with van der Waals surface area (Å²) >= 11 is 0. The number of hydrogen-bond donors (Lipinski definition) is 0. The summed E-state index contributed by atoms with van der Waals surface area (Å²) in [4.78, 5) is 30.7. The zero-order chi connectivity index (χ0) is 20.8. The fourth-order valence-electron chi connectivity index (χ4n) is 3.12. The van der Waals surface area contributed by atoms with E-state index in [1.807, 2.05) is 47.9 Å². The van der Waals surface area contributed by atoms with Crippen LogP contribution in [0.4, 0.5) is 0 Å². The molecule has 1 amide bonds. The maximum absolute atomic E-state index is 12.4. The first-order chi connectivity index (χ1) is 14.0. The Labute approximate surface area is 169 Å². The third kappa shape index (κ3) is 4.43. The van der Waals surface area contributed by atoms with Crippen molar-refractivity contribution in [2.75, 3.05) is 19.7 Å². The summed E-state index contributed by atoms with van der Waals surface area (Å²) in [6.45, 7) is 9.55. The first-order valence-corrected chi connectivity index (χ1v) is 9.26. The van der Waals surface area contributed by atoms with E-state index in [0.29, 0.717) is 24.2 Å². The first-order valence-electron chi connectivity index (χ1n) is 9.26. The number of imidazole rings is 1. The topological polar surface area (TPSA) is 64.4 Å². The zero-order valence-electron chi connectivity index (χ0n) is 16.4. The number of rotatable bonds is 8. The molecule has 1 aromatic heterocycles. The van der Waals surface area contributed by atoms with E-state index in [0.717, 1.165) is 17.0 Å². The number of benzene rings is 2. The van der Waals surface area contributed by atoms with Gasteiger partial charge in [0.25, 0.3) is 5.91 Å². The molecular weight excluding hydrogens is 366 g/mol. The molecule has 0 aliphatic heterocycles. The Kier molecular flexibility index (Phi) is 6.24. The van der Waals surface area contributed by atoms with Gasteiger partial charge in [0, 0.05) is 18.8 Å². The molecule has 1 heterocycles. The number of carbonyl (C=O) groups is 2. The number of fused-ring (bicyclic) bond motifs is 1. The van der Waals surface area contributed by atoms with Gasteiger partial charge in [0.15, 0.2) is 6.61 Å². The number of para-hydroxylation sites is 1. The standard InChI is InChI=1S/C23H23N3O3/c1-4-13-25(14-5-2)22(27)16-29-23(28)18-11-12-21-20(15-18)24-17(3)26(21)19-9-7-6-8-10-19/h4-12,15H,1-2,13-14,16H2,3H3. The van der Waals surface area contributed by atoms with Gasteiger partial charge in [0.2, 0.25) is 0 Å². The van der Waals surface area contributed by atoms with Gasteiger partial charge in [0.1, 0.15) is 5.82 Å².